The van der Waals surface area contributed by atoms with Crippen molar-refractivity contribution in [2.75, 3.05) is 0 Å². The highest BCUT2D eigenvalue weighted by molar-refractivity contribution is 5.97. The summed E-state index contributed by atoms with van der Waals surface area (Å²) in [4.78, 5) is 22.4. The van der Waals surface area contributed by atoms with Crippen LogP contribution >= 0.6 is 0 Å². The van der Waals surface area contributed by atoms with Gasteiger partial charge in [-0.25, -0.2) is 0 Å². The van der Waals surface area contributed by atoms with Crippen molar-refractivity contribution in [1.29, 1.82) is 0 Å². The van der Waals surface area contributed by atoms with Gasteiger partial charge in [-0.3, -0.25) is 14.9 Å². The summed E-state index contributed by atoms with van der Waals surface area (Å²) >= 11 is 0. The molecule has 0 atom stereocenters. The van der Waals surface area contributed by atoms with E-state index in [1.807, 2.05) is 32.0 Å². The summed E-state index contributed by atoms with van der Waals surface area (Å²) < 4.78 is 1.67. The van der Waals surface area contributed by atoms with E-state index in [-0.39, 0.29) is 22.8 Å². The Morgan fingerprint density at radius 3 is 2.73 bits per heavy atom. The highest BCUT2D eigenvalue weighted by Gasteiger charge is 2.17. The van der Waals surface area contributed by atoms with Gasteiger partial charge in [-0.1, -0.05) is 17.7 Å². The maximum Gasteiger partial charge on any atom is 0.295 e. The van der Waals surface area contributed by atoms with E-state index in [9.17, 15) is 20.0 Å². The van der Waals surface area contributed by atoms with Gasteiger partial charge in [0.05, 0.1) is 16.0 Å². The Bertz CT molecular complexity index is 1050. The molecule has 132 valence electrons. The maximum absolute atomic E-state index is 12.2. The first kappa shape index (κ1) is 17.3. The van der Waals surface area contributed by atoms with Crippen molar-refractivity contribution < 1.29 is 14.8 Å². The summed E-state index contributed by atoms with van der Waals surface area (Å²) in [6.45, 7) is 4.32. The number of azo groups is 1. The van der Waals surface area contributed by atoms with Crippen LogP contribution in [0.4, 0.5) is 11.4 Å². The Hall–Kier alpha value is -3.55. The molecule has 0 saturated carbocycles. The summed E-state index contributed by atoms with van der Waals surface area (Å²) in [7, 11) is 0. The van der Waals surface area contributed by atoms with Gasteiger partial charge >= 0.3 is 0 Å². The average molecular weight is 352 g/mol. The fourth-order valence-electron chi connectivity index (χ4n) is 2.76. The van der Waals surface area contributed by atoms with Crippen LogP contribution in [0.1, 0.15) is 22.8 Å². The third-order valence-corrected chi connectivity index (χ3v) is 4.03. The third-order valence-electron chi connectivity index (χ3n) is 4.03. The van der Waals surface area contributed by atoms with Crippen LogP contribution in [-0.4, -0.2) is 20.5 Å². The number of hydrogen-bond donors (Lipinski definition) is 1. The molecule has 0 aliphatic heterocycles. The first-order valence-corrected chi connectivity index (χ1v) is 7.94. The minimum Gasteiger partial charge on any atom is -0.493 e. The van der Waals surface area contributed by atoms with Crippen molar-refractivity contribution in [2.45, 2.75) is 20.4 Å². The zero-order chi connectivity index (χ0) is 18.8. The topological polar surface area (TPSA) is 110 Å². The molecule has 1 heterocycles. The molecule has 0 aliphatic rings. The first-order valence-electron chi connectivity index (χ1n) is 7.94. The lowest BCUT2D eigenvalue weighted by Gasteiger charge is -2.01. The molecule has 0 saturated heterocycles. The van der Waals surface area contributed by atoms with Crippen molar-refractivity contribution in [3.8, 4) is 5.88 Å². The monoisotopic (exact) mass is 352 g/mol. The quantitative estimate of drug-likeness (QED) is 0.423. The number of amides is 1. The lowest BCUT2D eigenvalue weighted by atomic mass is 10.1. The molecule has 3 aromatic rings. The third kappa shape index (κ3) is 3.04. The fraction of sp³-hybridized carbons (Fsp3) is 0.167. The van der Waals surface area contributed by atoms with Crippen molar-refractivity contribution >= 4 is 28.2 Å². The Morgan fingerprint density at radius 2 is 2.04 bits per heavy atom. The first-order chi connectivity index (χ1) is 12.4. The molecular weight excluding hydrogens is 336 g/mol. The number of carbonyl (C=O) groups is 1. The number of benzene rings is 2. The van der Waals surface area contributed by atoms with Gasteiger partial charge in [-0.05, 0) is 32.0 Å². The number of aromatic nitrogens is 1. The normalized spacial score (nSPS) is 11.3. The smallest absolute Gasteiger partial charge is 0.295 e. The Balaban J connectivity index is 2.02. The predicted molar refractivity (Wildman–Crippen MR) is 96.0 cm³/mol. The zero-order valence-corrected chi connectivity index (χ0v) is 14.2. The Labute approximate surface area is 148 Å². The number of hydrogen-bond acceptors (Lipinski definition) is 5. The van der Waals surface area contributed by atoms with E-state index in [4.69, 9.17) is 0 Å². The van der Waals surface area contributed by atoms with E-state index in [0.717, 1.165) is 17.1 Å². The lowest BCUT2D eigenvalue weighted by molar-refractivity contribution is -0.384. The van der Waals surface area contributed by atoms with Crippen molar-refractivity contribution in [1.82, 2.24) is 4.57 Å². The molecule has 26 heavy (non-hydrogen) atoms. The van der Waals surface area contributed by atoms with Gasteiger partial charge in [-0.15, -0.1) is 10.2 Å². The number of fused-ring (bicyclic) bond motifs is 1. The SMILES string of the molecule is CCn1c(O)c(N=NC(=O)c2cccc([N+](=O)[O-])c2)c2cc(C)ccc21. The molecule has 0 aliphatic carbocycles. The van der Waals surface area contributed by atoms with E-state index < -0.39 is 10.8 Å². The summed E-state index contributed by atoms with van der Waals surface area (Å²) in [6, 6.07) is 10.9. The Morgan fingerprint density at radius 1 is 1.27 bits per heavy atom. The van der Waals surface area contributed by atoms with E-state index >= 15 is 0 Å². The van der Waals surface area contributed by atoms with Gasteiger partial charge < -0.3 is 9.67 Å². The van der Waals surface area contributed by atoms with E-state index in [2.05, 4.69) is 10.2 Å². The second-order valence-corrected chi connectivity index (χ2v) is 5.75. The molecule has 1 amide bonds. The molecule has 0 fully saturated rings. The lowest BCUT2D eigenvalue weighted by Crippen LogP contribution is -1.96. The van der Waals surface area contributed by atoms with Gasteiger partial charge in [0, 0.05) is 24.1 Å². The summed E-state index contributed by atoms with van der Waals surface area (Å²) in [5, 5.41) is 29.5. The second kappa shape index (κ2) is 6.75. The summed E-state index contributed by atoms with van der Waals surface area (Å²) in [6.07, 6.45) is 0. The van der Waals surface area contributed by atoms with Gasteiger partial charge in [0.1, 0.15) is 0 Å². The number of aromatic hydroxyl groups is 1. The van der Waals surface area contributed by atoms with Crippen LogP contribution in [0.3, 0.4) is 0 Å². The maximum atomic E-state index is 12.2. The van der Waals surface area contributed by atoms with E-state index in [1.165, 1.54) is 18.2 Å². The number of carbonyl (C=O) groups excluding carboxylic acids is 1. The molecule has 0 radical (unpaired) electrons. The number of nitro benzene ring substituents is 1. The highest BCUT2D eigenvalue weighted by atomic mass is 16.6. The fourth-order valence-corrected chi connectivity index (χ4v) is 2.76. The molecule has 8 heteroatoms. The number of nitrogens with zero attached hydrogens (tertiary/aromatic N) is 4. The van der Waals surface area contributed by atoms with Crippen LogP contribution in [0.15, 0.2) is 52.7 Å². The number of non-ortho nitro benzene ring substituents is 1. The minimum atomic E-state index is -0.724. The van der Waals surface area contributed by atoms with Crippen molar-refractivity contribution in [2.24, 2.45) is 10.2 Å². The van der Waals surface area contributed by atoms with Gasteiger partial charge in [0.25, 0.3) is 11.6 Å². The Kier molecular flexibility index (Phi) is 4.49. The molecule has 0 bridgehead atoms. The summed E-state index contributed by atoms with van der Waals surface area (Å²) in [5.74, 6) is -0.804. The van der Waals surface area contributed by atoms with Crippen LogP contribution in [0.2, 0.25) is 0 Å². The number of nitro groups is 1. The molecule has 2 aromatic carbocycles. The van der Waals surface area contributed by atoms with Crippen LogP contribution < -0.4 is 0 Å². The second-order valence-electron chi connectivity index (χ2n) is 5.75. The molecule has 8 nitrogen and oxygen atoms in total. The molecule has 0 spiro atoms. The highest BCUT2D eigenvalue weighted by Crippen LogP contribution is 2.39. The average Bonchev–Trinajstić information content (AvgIpc) is 2.89. The van der Waals surface area contributed by atoms with Crippen molar-refractivity contribution in [3.63, 3.8) is 0 Å². The molecule has 1 N–H and O–H groups in total. The number of aryl methyl sites for hydroxylation is 2. The largest absolute Gasteiger partial charge is 0.493 e. The van der Waals surface area contributed by atoms with Crippen LogP contribution in [0, 0.1) is 17.0 Å². The molecule has 1 aromatic heterocycles. The molecule has 3 rings (SSSR count). The predicted octanol–water partition coefficient (Wildman–Crippen LogP) is 4.51. The van der Waals surface area contributed by atoms with E-state index in [0.29, 0.717) is 11.9 Å². The zero-order valence-electron chi connectivity index (χ0n) is 14.2. The van der Waals surface area contributed by atoms with Crippen LogP contribution in [0.5, 0.6) is 5.88 Å². The standard InChI is InChI=1S/C18H16N4O4/c1-3-21-15-8-7-11(2)9-14(15)16(18(21)24)19-20-17(23)12-5-4-6-13(10-12)22(25)26/h4-10,24H,3H2,1-2H3. The van der Waals surface area contributed by atoms with Gasteiger partial charge in [-0.2, -0.15) is 0 Å². The molecule has 0 unspecified atom stereocenters. The molecular formula is C18H16N4O4. The van der Waals surface area contributed by atoms with Crippen molar-refractivity contribution in [3.05, 3.63) is 63.7 Å². The minimum absolute atomic E-state index is 0.0536. The van der Waals surface area contributed by atoms with E-state index in [1.54, 1.807) is 4.57 Å². The van der Waals surface area contributed by atoms with Gasteiger partial charge in [0.2, 0.25) is 5.88 Å². The van der Waals surface area contributed by atoms with Crippen LogP contribution in [0.25, 0.3) is 10.9 Å². The summed E-state index contributed by atoms with van der Waals surface area (Å²) in [5.41, 5.74) is 1.81. The number of rotatable bonds is 4. The van der Waals surface area contributed by atoms with Crippen LogP contribution in [-0.2, 0) is 6.54 Å². The van der Waals surface area contributed by atoms with Gasteiger partial charge in [0.15, 0.2) is 5.69 Å².